The number of aromatic nitrogens is 1. The summed E-state index contributed by atoms with van der Waals surface area (Å²) >= 11 is 3.15. The van der Waals surface area contributed by atoms with Gasteiger partial charge < -0.3 is 0 Å². The van der Waals surface area contributed by atoms with Crippen LogP contribution < -0.4 is 0 Å². The maximum Gasteiger partial charge on any atom is 0.178 e. The first-order chi connectivity index (χ1) is 7.69. The Labute approximate surface area is 104 Å². The molecule has 0 aromatic carbocycles. The summed E-state index contributed by atoms with van der Waals surface area (Å²) < 4.78 is 0. The van der Waals surface area contributed by atoms with Gasteiger partial charge in [-0.25, -0.2) is 4.98 Å². The van der Waals surface area contributed by atoms with Gasteiger partial charge in [0, 0.05) is 12.3 Å². The molecule has 0 radical (unpaired) electrons. The highest BCUT2D eigenvalue weighted by Crippen LogP contribution is 2.27. The van der Waals surface area contributed by atoms with Gasteiger partial charge in [-0.2, -0.15) is 0 Å². The molecule has 0 aliphatic carbocycles. The Morgan fingerprint density at radius 2 is 2.06 bits per heavy atom. The van der Waals surface area contributed by atoms with Crippen LogP contribution in [0, 0.1) is 0 Å². The molecule has 2 nitrogen and oxygen atoms in total. The van der Waals surface area contributed by atoms with E-state index in [1.54, 1.807) is 16.7 Å². The third kappa shape index (κ3) is 3.54. The number of hydrogen-bond donors (Lipinski definition) is 0. The second-order valence-electron chi connectivity index (χ2n) is 3.28. The third-order valence-corrected chi connectivity index (χ3v) is 3.48. The van der Waals surface area contributed by atoms with Crippen LogP contribution in [0.25, 0.3) is 9.88 Å². The van der Waals surface area contributed by atoms with E-state index in [2.05, 4.69) is 18.8 Å². The average molecular weight is 253 g/mol. The van der Waals surface area contributed by atoms with Crippen LogP contribution >= 0.6 is 22.7 Å². The highest BCUT2D eigenvalue weighted by molar-refractivity contribution is 7.20. The topological polar surface area (TPSA) is 30.0 Å². The molecule has 0 unspecified atom stereocenters. The molecule has 86 valence electrons. The second kappa shape index (κ2) is 6.55. The van der Waals surface area contributed by atoms with Gasteiger partial charge in [-0.15, -0.1) is 22.7 Å². The summed E-state index contributed by atoms with van der Waals surface area (Å²) in [7, 11) is 0. The lowest BCUT2D eigenvalue weighted by Gasteiger charge is -1.86. The molecule has 2 rings (SSSR count). The minimum Gasteiger partial charge on any atom is -0.293 e. The summed E-state index contributed by atoms with van der Waals surface area (Å²) in [4.78, 5) is 16.3. The fourth-order valence-electron chi connectivity index (χ4n) is 0.949. The number of hydrogen-bond acceptors (Lipinski definition) is 4. The number of thiazole rings is 1. The van der Waals surface area contributed by atoms with Crippen molar-refractivity contribution >= 4 is 28.5 Å². The van der Waals surface area contributed by atoms with Crippen molar-refractivity contribution in [3.63, 3.8) is 0 Å². The Hall–Kier alpha value is -1.00. The lowest BCUT2D eigenvalue weighted by molar-refractivity contribution is 0.101. The number of rotatable bonds is 2. The van der Waals surface area contributed by atoms with E-state index in [0.29, 0.717) is 5.69 Å². The van der Waals surface area contributed by atoms with E-state index in [9.17, 15) is 4.79 Å². The van der Waals surface area contributed by atoms with Crippen LogP contribution in [-0.2, 0) is 0 Å². The van der Waals surface area contributed by atoms with Crippen molar-refractivity contribution < 1.29 is 4.79 Å². The normalized spacial score (nSPS) is 9.44. The molecule has 0 bridgehead atoms. The van der Waals surface area contributed by atoms with Gasteiger partial charge in [-0.1, -0.05) is 26.3 Å². The van der Waals surface area contributed by atoms with Gasteiger partial charge >= 0.3 is 0 Å². The maximum absolute atomic E-state index is 11.0. The molecule has 2 aromatic heterocycles. The molecule has 0 aliphatic heterocycles. The van der Waals surface area contributed by atoms with Crippen LogP contribution in [0.15, 0.2) is 22.9 Å². The molecule has 0 fully saturated rings. The van der Waals surface area contributed by atoms with E-state index in [4.69, 9.17) is 0 Å². The van der Waals surface area contributed by atoms with Crippen LogP contribution in [0.1, 0.15) is 37.7 Å². The minimum atomic E-state index is 0.0269. The van der Waals surface area contributed by atoms with Gasteiger partial charge in [-0.05, 0) is 11.4 Å². The Bertz CT molecular complexity index is 432. The van der Waals surface area contributed by atoms with Crippen molar-refractivity contribution in [1.82, 2.24) is 4.98 Å². The van der Waals surface area contributed by atoms with Crippen LogP contribution in [-0.4, -0.2) is 10.8 Å². The first-order valence-corrected chi connectivity index (χ1v) is 6.95. The summed E-state index contributed by atoms with van der Waals surface area (Å²) in [6.07, 6.45) is 1.25. The fraction of sp³-hybridized carbons (Fsp3) is 0.333. The highest BCUT2D eigenvalue weighted by Gasteiger charge is 2.07. The van der Waals surface area contributed by atoms with Crippen LogP contribution in [0.4, 0.5) is 0 Å². The van der Waals surface area contributed by atoms with Crippen molar-refractivity contribution in [1.29, 1.82) is 0 Å². The zero-order chi connectivity index (χ0) is 12.0. The quantitative estimate of drug-likeness (QED) is 0.738. The molecular formula is C12H15NOS2. The van der Waals surface area contributed by atoms with Gasteiger partial charge in [0.1, 0.15) is 10.7 Å². The Kier molecular flexibility index (Phi) is 5.35. The van der Waals surface area contributed by atoms with Crippen LogP contribution in [0.2, 0.25) is 0 Å². The molecule has 0 N–H and O–H groups in total. The van der Waals surface area contributed by atoms with Crippen molar-refractivity contribution in [2.45, 2.75) is 27.2 Å². The molecule has 0 atom stereocenters. The summed E-state index contributed by atoms with van der Waals surface area (Å²) in [5.74, 6) is 0.0269. The van der Waals surface area contributed by atoms with Crippen molar-refractivity contribution in [2.24, 2.45) is 0 Å². The van der Waals surface area contributed by atoms with Crippen molar-refractivity contribution in [3.8, 4) is 9.88 Å². The molecule has 0 aliphatic rings. The predicted molar refractivity (Wildman–Crippen MR) is 71.4 cm³/mol. The zero-order valence-electron chi connectivity index (χ0n) is 9.69. The van der Waals surface area contributed by atoms with E-state index in [-0.39, 0.29) is 5.78 Å². The van der Waals surface area contributed by atoms with E-state index in [1.807, 2.05) is 17.5 Å². The molecule has 0 saturated heterocycles. The van der Waals surface area contributed by atoms with Gasteiger partial charge in [0.15, 0.2) is 5.78 Å². The van der Waals surface area contributed by atoms with E-state index in [1.165, 1.54) is 24.7 Å². The summed E-state index contributed by atoms with van der Waals surface area (Å²) in [6.45, 7) is 5.78. The third-order valence-electron chi connectivity index (χ3n) is 1.60. The number of ketones is 1. The number of Topliss-reactive ketones (excluding diaryl/α,β-unsaturated/α-hetero) is 1. The summed E-state index contributed by atoms with van der Waals surface area (Å²) in [5, 5.41) is 4.74. The smallest absolute Gasteiger partial charge is 0.178 e. The molecule has 16 heavy (non-hydrogen) atoms. The van der Waals surface area contributed by atoms with Crippen molar-refractivity contribution in [3.05, 3.63) is 28.6 Å². The molecule has 2 aromatic rings. The average Bonchev–Trinajstić information content (AvgIpc) is 2.90. The SMILES string of the molecule is CC(=O)c1csc(-c2cccs2)n1.CCC. The van der Waals surface area contributed by atoms with Gasteiger partial charge in [-0.3, -0.25) is 4.79 Å². The monoisotopic (exact) mass is 253 g/mol. The molecule has 0 saturated carbocycles. The highest BCUT2D eigenvalue weighted by atomic mass is 32.1. The molecule has 2 heterocycles. The van der Waals surface area contributed by atoms with Gasteiger partial charge in [0.25, 0.3) is 0 Å². The molecule has 0 amide bonds. The van der Waals surface area contributed by atoms with Crippen LogP contribution in [0.3, 0.4) is 0 Å². The lowest BCUT2D eigenvalue weighted by atomic mass is 10.3. The maximum atomic E-state index is 11.0. The number of nitrogens with zero attached hydrogens (tertiary/aromatic N) is 1. The lowest BCUT2D eigenvalue weighted by Crippen LogP contribution is -1.90. The largest absolute Gasteiger partial charge is 0.293 e. The number of carbonyl (C=O) groups excluding carboxylic acids is 1. The van der Waals surface area contributed by atoms with E-state index < -0.39 is 0 Å². The Morgan fingerprint density at radius 1 is 1.38 bits per heavy atom. The summed E-state index contributed by atoms with van der Waals surface area (Å²) in [6, 6.07) is 3.99. The Morgan fingerprint density at radius 3 is 2.50 bits per heavy atom. The van der Waals surface area contributed by atoms with Crippen molar-refractivity contribution in [2.75, 3.05) is 0 Å². The second-order valence-corrected chi connectivity index (χ2v) is 5.08. The molecule has 4 heteroatoms. The predicted octanol–water partition coefficient (Wildman–Crippen LogP) is 4.49. The van der Waals surface area contributed by atoms with E-state index in [0.717, 1.165) is 9.88 Å². The number of thiophene rings is 1. The fourth-order valence-corrected chi connectivity index (χ4v) is 2.62. The molecular weight excluding hydrogens is 238 g/mol. The summed E-state index contributed by atoms with van der Waals surface area (Å²) in [5.41, 5.74) is 0.563. The first-order valence-electron chi connectivity index (χ1n) is 5.19. The van der Waals surface area contributed by atoms with Crippen LogP contribution in [0.5, 0.6) is 0 Å². The molecule has 0 spiro atoms. The Balaban J connectivity index is 0.000000386. The van der Waals surface area contributed by atoms with Gasteiger partial charge in [0.2, 0.25) is 0 Å². The minimum absolute atomic E-state index is 0.0269. The van der Waals surface area contributed by atoms with E-state index >= 15 is 0 Å². The van der Waals surface area contributed by atoms with Gasteiger partial charge in [0.05, 0.1) is 4.88 Å². The number of carbonyl (C=O) groups is 1. The zero-order valence-corrected chi connectivity index (χ0v) is 11.3. The first kappa shape index (κ1) is 13.1. The standard InChI is InChI=1S/C9H7NOS2.C3H8/c1-6(11)7-5-13-9(10-7)8-3-2-4-12-8;1-3-2/h2-5H,1H3;3H2,1-2H3.